The fraction of sp³-hybridized carbons (Fsp3) is 0.0202. The van der Waals surface area contributed by atoms with Crippen molar-refractivity contribution in [2.75, 3.05) is 0 Å². The number of aromatic nitrogens is 14. The van der Waals surface area contributed by atoms with Gasteiger partial charge >= 0.3 is 12.4 Å². The van der Waals surface area contributed by atoms with E-state index in [2.05, 4.69) is 6.07 Å². The largest absolute Gasteiger partial charge is 0.417 e. The van der Waals surface area contributed by atoms with Crippen molar-refractivity contribution in [3.8, 4) is 165 Å². The Balaban J connectivity index is 0.928. The number of hydrogen-bond donors (Lipinski definition) is 0. The first-order chi connectivity index (χ1) is 58.7. The lowest BCUT2D eigenvalue weighted by atomic mass is 9.90. The molecule has 0 radical (unpaired) electrons. The van der Waals surface area contributed by atoms with Crippen LogP contribution in [0.5, 0.6) is 0 Å². The van der Waals surface area contributed by atoms with Crippen molar-refractivity contribution in [2.45, 2.75) is 12.4 Å². The van der Waals surface area contributed by atoms with Crippen LogP contribution in [-0.4, -0.2) is 68.9 Å². The number of rotatable bonds is 15. The van der Waals surface area contributed by atoms with E-state index in [0.717, 1.165) is 6.07 Å². The molecule has 0 saturated carbocycles. The van der Waals surface area contributed by atoms with Crippen LogP contribution in [-0.2, 0) is 12.4 Å². The van der Waals surface area contributed by atoms with Gasteiger partial charge in [0.05, 0.1) is 44.6 Å². The van der Waals surface area contributed by atoms with Gasteiger partial charge in [-0.05, 0) is 42.5 Å². The number of halogens is 6. The summed E-state index contributed by atoms with van der Waals surface area (Å²) in [7, 11) is 0. The number of nitriles is 1. The molecule has 570 valence electrons. The van der Waals surface area contributed by atoms with E-state index in [9.17, 15) is 5.26 Å². The van der Waals surface area contributed by atoms with Gasteiger partial charge in [0.15, 0.2) is 69.9 Å². The third-order valence-corrected chi connectivity index (χ3v) is 21.0. The van der Waals surface area contributed by atoms with Crippen molar-refractivity contribution in [3.63, 3.8) is 0 Å². The van der Waals surface area contributed by atoms with Gasteiger partial charge in [0, 0.05) is 99.4 Å². The average molecular weight is 1570 g/mol. The Morgan fingerprint density at radius 1 is 0.225 bits per heavy atom. The van der Waals surface area contributed by atoms with Crippen LogP contribution in [0, 0.1) is 11.3 Å². The molecule has 0 unspecified atom stereocenters. The second-order valence-electron chi connectivity index (χ2n) is 28.4. The SMILES string of the molecule is N#Cc1c(-n2c3cc(-c4nc(-c5ccccc5)nc(-c5ccccc5)n4)ccc3c3ccc(-c4nc(-c5ccccc5)nc(-c5ccccc5)n4)cc32)ccc(-c2c(C(F)(F)F)cccc2C(F)(F)F)c1-n1c2cc(-c3nc(-c4ccccc4)nc(-c4ccccc4)n3)ccc2c2ccc(-c3nc(-c4ccccc4)nc(-c4ccccc4)n3)cc21. The molecular formula is C99H57F6N15. The lowest BCUT2D eigenvalue weighted by molar-refractivity contribution is -0.142. The lowest BCUT2D eigenvalue weighted by Gasteiger charge is -2.24. The molecule has 20 aromatic rings. The first-order valence-corrected chi connectivity index (χ1v) is 38.2. The molecule has 0 aliphatic carbocycles. The van der Waals surface area contributed by atoms with E-state index in [-0.39, 0.29) is 51.3 Å². The Hall–Kier alpha value is -16.2. The van der Waals surface area contributed by atoms with E-state index < -0.39 is 34.6 Å². The Kier molecular flexibility index (Phi) is 18.1. The van der Waals surface area contributed by atoms with E-state index in [4.69, 9.17) is 59.8 Å². The predicted octanol–water partition coefficient (Wildman–Crippen LogP) is 24.2. The maximum absolute atomic E-state index is 16.6. The summed E-state index contributed by atoms with van der Waals surface area (Å²) in [4.78, 5) is 61.0. The van der Waals surface area contributed by atoms with Gasteiger partial charge in [-0.1, -0.05) is 303 Å². The third kappa shape index (κ3) is 13.5. The fourth-order valence-corrected chi connectivity index (χ4v) is 15.5. The predicted molar refractivity (Wildman–Crippen MR) is 454 cm³/mol. The summed E-state index contributed by atoms with van der Waals surface area (Å²) in [5.41, 5.74) is 2.54. The Labute approximate surface area is 680 Å². The second-order valence-corrected chi connectivity index (χ2v) is 28.4. The highest BCUT2D eigenvalue weighted by Gasteiger charge is 2.43. The van der Waals surface area contributed by atoms with Crippen molar-refractivity contribution in [1.82, 2.24) is 68.9 Å². The van der Waals surface area contributed by atoms with Crippen molar-refractivity contribution < 1.29 is 26.3 Å². The highest BCUT2D eigenvalue weighted by atomic mass is 19.4. The first kappa shape index (κ1) is 72.7. The van der Waals surface area contributed by atoms with Gasteiger partial charge in [-0.3, -0.25) is 0 Å². The highest BCUT2D eigenvalue weighted by molar-refractivity contribution is 6.14. The van der Waals surface area contributed by atoms with Gasteiger partial charge < -0.3 is 9.13 Å². The number of fused-ring (bicyclic) bond motifs is 6. The van der Waals surface area contributed by atoms with Crippen LogP contribution in [0.4, 0.5) is 26.3 Å². The lowest BCUT2D eigenvalue weighted by Crippen LogP contribution is -2.16. The van der Waals surface area contributed by atoms with E-state index >= 15 is 26.3 Å². The smallest absolute Gasteiger partial charge is 0.308 e. The fourth-order valence-electron chi connectivity index (χ4n) is 15.5. The first-order valence-electron chi connectivity index (χ1n) is 38.2. The van der Waals surface area contributed by atoms with Crippen LogP contribution in [0.1, 0.15) is 16.7 Å². The van der Waals surface area contributed by atoms with Gasteiger partial charge in [-0.2, -0.15) is 31.6 Å². The minimum atomic E-state index is -5.43. The molecule has 14 aromatic carbocycles. The zero-order valence-electron chi connectivity index (χ0n) is 62.9. The molecule has 0 saturated heterocycles. The van der Waals surface area contributed by atoms with Crippen LogP contribution in [0.2, 0.25) is 0 Å². The van der Waals surface area contributed by atoms with Crippen LogP contribution in [0.3, 0.4) is 0 Å². The number of benzene rings is 14. The standard InChI is InChI=1S/C99H57F6N15/c100-98(101,102)77-42-25-43-78(99(103,104)105)84(77)75-52-53-79(119-80-54-67(94-111-86(59-26-9-1-10-27-59)107-87(112-94)60-28-11-2-12-29-60)44-48-71(80)72-49-45-68(55-81(72)119)95-113-88(61-30-13-3-14-31-61)108-89(114-95)62-32-15-4-16-33-62)76(58-106)85(75)120-82-56-69(96-115-90(63-34-17-5-18-35-63)109-91(116-96)64-36-19-6-20-37-64)46-50-73(82)74-51-47-70(57-83(74)120)97-117-92(65-38-21-7-22-39-65)110-93(118-97)66-40-23-8-24-41-66/h1-57H. The maximum Gasteiger partial charge on any atom is 0.417 e. The van der Waals surface area contributed by atoms with E-state index in [0.29, 0.717) is 158 Å². The number of nitrogens with zero attached hydrogens (tertiary/aromatic N) is 15. The van der Waals surface area contributed by atoms with Crippen LogP contribution < -0.4 is 0 Å². The van der Waals surface area contributed by atoms with E-state index in [1.165, 1.54) is 12.1 Å². The maximum atomic E-state index is 16.6. The molecule has 120 heavy (non-hydrogen) atoms. The van der Waals surface area contributed by atoms with Crippen LogP contribution >= 0.6 is 0 Å². The summed E-state index contributed by atoms with van der Waals surface area (Å²) in [5.74, 6) is 3.51. The van der Waals surface area contributed by atoms with Crippen molar-refractivity contribution in [3.05, 3.63) is 362 Å². The molecule has 15 nitrogen and oxygen atoms in total. The Morgan fingerprint density at radius 2 is 0.442 bits per heavy atom. The quantitative estimate of drug-likeness (QED) is 0.0883. The minimum Gasteiger partial charge on any atom is -0.308 e. The van der Waals surface area contributed by atoms with Crippen molar-refractivity contribution in [1.29, 1.82) is 5.26 Å². The topological polar surface area (TPSA) is 188 Å². The summed E-state index contributed by atoms with van der Waals surface area (Å²) < 4.78 is 103. The van der Waals surface area contributed by atoms with E-state index in [1.807, 2.05) is 279 Å². The molecule has 21 heteroatoms. The summed E-state index contributed by atoms with van der Waals surface area (Å²) in [5, 5.41) is 15.1. The molecule has 0 bridgehead atoms. The molecule has 0 amide bonds. The molecule has 0 N–H and O–H groups in total. The summed E-state index contributed by atoms with van der Waals surface area (Å²) in [6, 6.07) is 104. The van der Waals surface area contributed by atoms with Crippen molar-refractivity contribution in [2.24, 2.45) is 0 Å². The van der Waals surface area contributed by atoms with Crippen LogP contribution in [0.25, 0.3) is 203 Å². The molecule has 0 aliphatic heterocycles. The average Bonchev–Trinajstić information content (AvgIpc) is 1.59. The summed E-state index contributed by atoms with van der Waals surface area (Å²) in [6.07, 6.45) is -10.9. The minimum absolute atomic E-state index is 0.0250. The highest BCUT2D eigenvalue weighted by Crippen LogP contribution is 2.51. The molecule has 0 fully saturated rings. The molecule has 0 atom stereocenters. The monoisotopic (exact) mass is 1570 g/mol. The van der Waals surface area contributed by atoms with Gasteiger partial charge in [-0.15, -0.1) is 0 Å². The molecule has 20 rings (SSSR count). The second kappa shape index (κ2) is 29.9. The van der Waals surface area contributed by atoms with Gasteiger partial charge in [0.2, 0.25) is 0 Å². The molecule has 6 aromatic heterocycles. The van der Waals surface area contributed by atoms with Crippen molar-refractivity contribution >= 4 is 43.6 Å². The van der Waals surface area contributed by atoms with Crippen LogP contribution in [0.15, 0.2) is 346 Å². The normalized spacial score (nSPS) is 11.7. The molecule has 6 heterocycles. The van der Waals surface area contributed by atoms with Gasteiger partial charge in [0.1, 0.15) is 11.6 Å². The van der Waals surface area contributed by atoms with Gasteiger partial charge in [-0.25, -0.2) is 59.8 Å². The summed E-state index contributed by atoms with van der Waals surface area (Å²) in [6.45, 7) is 0. The number of hydrogen-bond acceptors (Lipinski definition) is 13. The Morgan fingerprint density at radius 3 is 0.658 bits per heavy atom. The molecule has 0 spiro atoms. The zero-order valence-corrected chi connectivity index (χ0v) is 62.9. The zero-order chi connectivity index (χ0) is 81.2. The molecule has 0 aliphatic rings. The summed E-state index contributed by atoms with van der Waals surface area (Å²) >= 11 is 0. The Bertz CT molecular complexity index is 6790. The van der Waals surface area contributed by atoms with Gasteiger partial charge in [0.25, 0.3) is 0 Å². The number of alkyl halides is 6. The molecular weight excluding hydrogens is 1510 g/mol. The van der Waals surface area contributed by atoms with E-state index in [1.54, 1.807) is 45.5 Å². The third-order valence-electron chi connectivity index (χ3n) is 21.0.